The van der Waals surface area contributed by atoms with E-state index in [1.807, 2.05) is 35.9 Å². The number of nitrogens with zero attached hydrogens (tertiary/aromatic N) is 2. The Morgan fingerprint density at radius 1 is 1.36 bits per heavy atom. The highest BCUT2D eigenvalue weighted by molar-refractivity contribution is 9.10. The first-order valence-corrected chi connectivity index (χ1v) is 4.15. The van der Waals surface area contributed by atoms with E-state index in [1.165, 1.54) is 0 Å². The van der Waals surface area contributed by atoms with E-state index in [4.69, 9.17) is 0 Å². The largest absolute Gasteiger partial charge is 0.322 e. The summed E-state index contributed by atoms with van der Waals surface area (Å²) in [5.74, 6) is 0. The molecule has 0 saturated heterocycles. The molecule has 0 aliphatic rings. The van der Waals surface area contributed by atoms with Crippen LogP contribution in [0.5, 0.6) is 0 Å². The molecule has 0 radical (unpaired) electrons. The van der Waals surface area contributed by atoms with E-state index < -0.39 is 0 Å². The Morgan fingerprint density at radius 3 is 2.82 bits per heavy atom. The van der Waals surface area contributed by atoms with Gasteiger partial charge in [-0.05, 0) is 28.1 Å². The summed E-state index contributed by atoms with van der Waals surface area (Å²) in [5, 5.41) is 0. The van der Waals surface area contributed by atoms with Crippen molar-refractivity contribution in [1.82, 2.24) is 9.55 Å². The van der Waals surface area contributed by atoms with Crippen molar-refractivity contribution >= 4 is 27.0 Å². The van der Waals surface area contributed by atoms with E-state index in [1.54, 1.807) is 0 Å². The molecular weight excluding hydrogens is 204 g/mol. The summed E-state index contributed by atoms with van der Waals surface area (Å²) in [6, 6.07) is 8.05. The molecular formula is C8H7BrN2. The zero-order valence-corrected chi connectivity index (χ0v) is 7.67. The number of benzene rings is 1. The van der Waals surface area contributed by atoms with Crippen LogP contribution in [0, 0.1) is 0 Å². The van der Waals surface area contributed by atoms with Gasteiger partial charge in [0.1, 0.15) is 0 Å². The van der Waals surface area contributed by atoms with Gasteiger partial charge in [-0.2, -0.15) is 0 Å². The lowest BCUT2D eigenvalue weighted by atomic mass is 10.3. The van der Waals surface area contributed by atoms with E-state index in [9.17, 15) is 0 Å². The summed E-state index contributed by atoms with van der Waals surface area (Å²) < 4.78 is 2.88. The number of para-hydroxylation sites is 2. The lowest BCUT2D eigenvalue weighted by molar-refractivity contribution is 0.912. The number of hydrogen-bond donors (Lipinski definition) is 0. The molecule has 3 heteroatoms. The molecule has 0 amide bonds. The van der Waals surface area contributed by atoms with Gasteiger partial charge in [0.2, 0.25) is 0 Å². The third kappa shape index (κ3) is 0.959. The Bertz CT molecular complexity index is 392. The van der Waals surface area contributed by atoms with Gasteiger partial charge in [-0.1, -0.05) is 12.1 Å². The van der Waals surface area contributed by atoms with Crippen LogP contribution in [0.15, 0.2) is 29.0 Å². The highest BCUT2D eigenvalue weighted by atomic mass is 79.9. The first kappa shape index (κ1) is 6.85. The Labute approximate surface area is 73.0 Å². The van der Waals surface area contributed by atoms with Crippen LogP contribution < -0.4 is 0 Å². The fourth-order valence-corrected chi connectivity index (χ4v) is 1.50. The standard InChI is InChI=1S/C8H7BrN2/c1-11-7-5-3-2-4-6(7)10-8(11)9/h2-5H,1H3. The smallest absolute Gasteiger partial charge is 0.177 e. The maximum atomic E-state index is 4.29. The number of aromatic nitrogens is 2. The van der Waals surface area contributed by atoms with Crippen LogP contribution in [-0.2, 0) is 7.05 Å². The minimum Gasteiger partial charge on any atom is -0.322 e. The molecule has 1 heterocycles. The second-order valence-corrected chi connectivity index (χ2v) is 3.14. The van der Waals surface area contributed by atoms with Crippen molar-refractivity contribution in [3.63, 3.8) is 0 Å². The number of fused-ring (bicyclic) bond motifs is 1. The van der Waals surface area contributed by atoms with Crippen molar-refractivity contribution in [2.75, 3.05) is 0 Å². The zero-order chi connectivity index (χ0) is 7.84. The molecule has 1 aromatic heterocycles. The predicted molar refractivity (Wildman–Crippen MR) is 48.4 cm³/mol. The van der Waals surface area contributed by atoms with Crippen LogP contribution in [0.2, 0.25) is 0 Å². The zero-order valence-electron chi connectivity index (χ0n) is 6.08. The minimum absolute atomic E-state index is 0.874. The fourth-order valence-electron chi connectivity index (χ4n) is 1.12. The molecule has 2 rings (SSSR count). The summed E-state index contributed by atoms with van der Waals surface area (Å²) in [6.45, 7) is 0. The van der Waals surface area contributed by atoms with Gasteiger partial charge in [-0.15, -0.1) is 0 Å². The maximum Gasteiger partial charge on any atom is 0.177 e. The van der Waals surface area contributed by atoms with Gasteiger partial charge in [0.25, 0.3) is 0 Å². The molecule has 0 aliphatic heterocycles. The van der Waals surface area contributed by atoms with E-state index >= 15 is 0 Å². The molecule has 0 atom stereocenters. The van der Waals surface area contributed by atoms with Gasteiger partial charge in [-0.3, -0.25) is 0 Å². The van der Waals surface area contributed by atoms with Gasteiger partial charge < -0.3 is 4.57 Å². The third-order valence-corrected chi connectivity index (χ3v) is 2.44. The lowest BCUT2D eigenvalue weighted by Crippen LogP contribution is -1.85. The molecule has 11 heavy (non-hydrogen) atoms. The summed E-state index contributed by atoms with van der Waals surface area (Å²) in [4.78, 5) is 4.29. The molecule has 2 nitrogen and oxygen atoms in total. The monoisotopic (exact) mass is 210 g/mol. The predicted octanol–water partition coefficient (Wildman–Crippen LogP) is 2.34. The molecule has 0 bridgehead atoms. The van der Waals surface area contributed by atoms with Crippen LogP contribution in [-0.4, -0.2) is 9.55 Å². The van der Waals surface area contributed by atoms with E-state index in [-0.39, 0.29) is 0 Å². The van der Waals surface area contributed by atoms with Crippen LogP contribution in [0.25, 0.3) is 11.0 Å². The average molecular weight is 211 g/mol. The molecule has 0 spiro atoms. The summed E-state index contributed by atoms with van der Waals surface area (Å²) in [7, 11) is 1.99. The van der Waals surface area contributed by atoms with Gasteiger partial charge in [0.15, 0.2) is 4.73 Å². The minimum atomic E-state index is 0.874. The first-order valence-electron chi connectivity index (χ1n) is 3.36. The second-order valence-electron chi connectivity index (χ2n) is 2.43. The van der Waals surface area contributed by atoms with Crippen LogP contribution >= 0.6 is 15.9 Å². The normalized spacial score (nSPS) is 10.7. The molecule has 1 aromatic carbocycles. The third-order valence-electron chi connectivity index (χ3n) is 1.73. The Kier molecular flexibility index (Phi) is 1.46. The van der Waals surface area contributed by atoms with Crippen molar-refractivity contribution in [3.8, 4) is 0 Å². The van der Waals surface area contributed by atoms with Crippen molar-refractivity contribution in [2.24, 2.45) is 7.05 Å². The van der Waals surface area contributed by atoms with Gasteiger partial charge in [0.05, 0.1) is 11.0 Å². The van der Waals surface area contributed by atoms with E-state index in [0.717, 1.165) is 15.8 Å². The number of halogens is 1. The van der Waals surface area contributed by atoms with Crippen molar-refractivity contribution in [2.45, 2.75) is 0 Å². The molecule has 0 aliphatic carbocycles. The van der Waals surface area contributed by atoms with Gasteiger partial charge >= 0.3 is 0 Å². The fraction of sp³-hybridized carbons (Fsp3) is 0.125. The van der Waals surface area contributed by atoms with Gasteiger partial charge in [-0.25, -0.2) is 4.98 Å². The second kappa shape index (κ2) is 2.34. The highest BCUT2D eigenvalue weighted by Crippen LogP contribution is 2.17. The Balaban J connectivity index is 2.92. The van der Waals surface area contributed by atoms with Crippen molar-refractivity contribution in [3.05, 3.63) is 29.0 Å². The van der Waals surface area contributed by atoms with Crippen LogP contribution in [0.1, 0.15) is 0 Å². The molecule has 0 fully saturated rings. The summed E-state index contributed by atoms with van der Waals surface area (Å²) >= 11 is 3.36. The molecule has 0 N–H and O–H groups in total. The number of aryl methyl sites for hydroxylation is 1. The number of hydrogen-bond acceptors (Lipinski definition) is 1. The van der Waals surface area contributed by atoms with Crippen LogP contribution in [0.4, 0.5) is 0 Å². The molecule has 0 saturated carbocycles. The lowest BCUT2D eigenvalue weighted by Gasteiger charge is -1.92. The van der Waals surface area contributed by atoms with E-state index in [2.05, 4.69) is 20.9 Å². The van der Waals surface area contributed by atoms with Crippen LogP contribution in [0.3, 0.4) is 0 Å². The highest BCUT2D eigenvalue weighted by Gasteiger charge is 2.01. The number of rotatable bonds is 0. The topological polar surface area (TPSA) is 17.8 Å². The number of imidazole rings is 1. The molecule has 0 unspecified atom stereocenters. The van der Waals surface area contributed by atoms with Crippen molar-refractivity contribution < 1.29 is 0 Å². The van der Waals surface area contributed by atoms with E-state index in [0.29, 0.717) is 0 Å². The Morgan fingerprint density at radius 2 is 2.09 bits per heavy atom. The Hall–Kier alpha value is -0.830. The summed E-state index contributed by atoms with van der Waals surface area (Å²) in [6.07, 6.45) is 0. The van der Waals surface area contributed by atoms with Gasteiger partial charge in [0, 0.05) is 7.05 Å². The molecule has 56 valence electrons. The quantitative estimate of drug-likeness (QED) is 0.653. The SMILES string of the molecule is Cn1c(Br)nc2ccccc21. The first-order chi connectivity index (χ1) is 5.29. The molecule has 2 aromatic rings. The van der Waals surface area contributed by atoms with Crippen molar-refractivity contribution in [1.29, 1.82) is 0 Å². The average Bonchev–Trinajstić information content (AvgIpc) is 2.30. The summed E-state index contributed by atoms with van der Waals surface area (Å²) in [5.41, 5.74) is 2.18. The maximum absolute atomic E-state index is 4.29.